The van der Waals surface area contributed by atoms with E-state index in [1.54, 1.807) is 24.3 Å². The van der Waals surface area contributed by atoms with Crippen molar-refractivity contribution in [3.8, 4) is 17.9 Å². The van der Waals surface area contributed by atoms with E-state index in [0.29, 0.717) is 23.5 Å². The Morgan fingerprint density at radius 3 is 2.67 bits per heavy atom. The number of thiophene rings is 1. The molecule has 2 rings (SSSR count). The first kappa shape index (κ1) is 14.8. The normalized spacial score (nSPS) is 9.33. The van der Waals surface area contributed by atoms with Crippen molar-refractivity contribution in [3.63, 3.8) is 0 Å². The Morgan fingerprint density at radius 1 is 1.24 bits per heavy atom. The molecule has 2 aromatic rings. The molecule has 0 spiro atoms. The molecule has 3 N–H and O–H groups in total. The number of nitrogens with one attached hydrogen (secondary N) is 1. The second kappa shape index (κ2) is 7.25. The lowest BCUT2D eigenvalue weighted by Gasteiger charge is -2.03. The first-order valence-electron chi connectivity index (χ1n) is 6.29. The van der Waals surface area contributed by atoms with Gasteiger partial charge in [-0.1, -0.05) is 24.0 Å². The van der Waals surface area contributed by atoms with E-state index < -0.39 is 0 Å². The molecule has 1 aromatic carbocycles. The summed E-state index contributed by atoms with van der Waals surface area (Å²) in [6.07, 6.45) is 0.363. The smallest absolute Gasteiger partial charge is 0.265 e. The van der Waals surface area contributed by atoms with Crippen molar-refractivity contribution < 1.29 is 4.79 Å². The summed E-state index contributed by atoms with van der Waals surface area (Å²) in [6.45, 7) is 0.300. The second-order valence-electron chi connectivity index (χ2n) is 4.16. The van der Waals surface area contributed by atoms with Gasteiger partial charge in [0.25, 0.3) is 5.91 Å². The Balaban J connectivity index is 2.04. The van der Waals surface area contributed by atoms with E-state index in [1.165, 1.54) is 11.3 Å². The summed E-state index contributed by atoms with van der Waals surface area (Å²) < 4.78 is 0. The van der Waals surface area contributed by atoms with Crippen LogP contribution in [0, 0.1) is 23.2 Å². The molecule has 0 saturated heterocycles. The van der Waals surface area contributed by atoms with E-state index in [0.717, 1.165) is 10.4 Å². The summed E-state index contributed by atoms with van der Waals surface area (Å²) in [5.41, 5.74) is 6.93. The predicted octanol–water partition coefficient (Wildman–Crippen LogP) is 2.38. The number of benzene rings is 1. The molecule has 1 aromatic heterocycles. The van der Waals surface area contributed by atoms with Crippen molar-refractivity contribution in [1.82, 2.24) is 0 Å². The van der Waals surface area contributed by atoms with Gasteiger partial charge in [-0.25, -0.2) is 0 Å². The monoisotopic (exact) mass is 295 g/mol. The minimum absolute atomic E-state index is 0.172. The van der Waals surface area contributed by atoms with Crippen LogP contribution in [0.1, 0.15) is 20.1 Å². The maximum atomic E-state index is 12.1. The zero-order valence-corrected chi connectivity index (χ0v) is 12.0. The minimum Gasteiger partial charge on any atom is -0.321 e. The van der Waals surface area contributed by atoms with Crippen molar-refractivity contribution in [2.24, 2.45) is 5.73 Å². The van der Waals surface area contributed by atoms with Crippen LogP contribution in [-0.2, 0) is 6.42 Å². The van der Waals surface area contributed by atoms with E-state index in [9.17, 15) is 4.79 Å². The lowest BCUT2D eigenvalue weighted by Crippen LogP contribution is -2.09. The van der Waals surface area contributed by atoms with Crippen molar-refractivity contribution in [3.05, 3.63) is 51.7 Å². The molecule has 0 aliphatic carbocycles. The lowest BCUT2D eigenvalue weighted by atomic mass is 10.1. The first-order valence-corrected chi connectivity index (χ1v) is 7.10. The van der Waals surface area contributed by atoms with Crippen molar-refractivity contribution >= 4 is 22.9 Å². The summed E-state index contributed by atoms with van der Waals surface area (Å²) in [7, 11) is 0. The molecule has 0 saturated carbocycles. The van der Waals surface area contributed by atoms with E-state index >= 15 is 0 Å². The van der Waals surface area contributed by atoms with Crippen molar-refractivity contribution in [2.75, 3.05) is 11.9 Å². The summed E-state index contributed by atoms with van der Waals surface area (Å²) in [6, 6.07) is 12.8. The first-order chi connectivity index (χ1) is 10.2. The van der Waals surface area contributed by atoms with Gasteiger partial charge in [0.05, 0.1) is 28.8 Å². The zero-order chi connectivity index (χ0) is 15.1. The van der Waals surface area contributed by atoms with Gasteiger partial charge in [0, 0.05) is 5.69 Å². The molecular formula is C16H13N3OS. The van der Waals surface area contributed by atoms with Gasteiger partial charge in [-0.05, 0) is 29.8 Å². The standard InChI is InChI=1S/C16H13N3OS/c17-10-1-2-14-7-8-15(21-14)16(20)19-13-5-3-12(4-6-13)9-11-18/h3-8H,9-10,17H2,(H,19,20). The molecule has 104 valence electrons. The Labute approximate surface area is 127 Å². The molecule has 21 heavy (non-hydrogen) atoms. The highest BCUT2D eigenvalue weighted by molar-refractivity contribution is 7.14. The van der Waals surface area contributed by atoms with Crippen molar-refractivity contribution in [2.45, 2.75) is 6.42 Å². The molecular weight excluding hydrogens is 282 g/mol. The van der Waals surface area contributed by atoms with Gasteiger partial charge in [0.15, 0.2) is 0 Å². The molecule has 0 fully saturated rings. The maximum absolute atomic E-state index is 12.1. The van der Waals surface area contributed by atoms with Gasteiger partial charge < -0.3 is 11.1 Å². The molecule has 0 aliphatic rings. The number of hydrogen-bond donors (Lipinski definition) is 2. The molecule has 0 unspecified atom stereocenters. The number of anilines is 1. The van der Waals surface area contributed by atoms with Gasteiger partial charge in [-0.15, -0.1) is 11.3 Å². The summed E-state index contributed by atoms with van der Waals surface area (Å²) in [4.78, 5) is 13.5. The fourth-order valence-electron chi connectivity index (χ4n) is 1.66. The molecule has 0 atom stereocenters. The molecule has 0 aliphatic heterocycles. The van der Waals surface area contributed by atoms with E-state index in [1.807, 2.05) is 12.1 Å². The Hall–Kier alpha value is -2.60. The quantitative estimate of drug-likeness (QED) is 0.853. The minimum atomic E-state index is -0.172. The van der Waals surface area contributed by atoms with Crippen LogP contribution in [-0.4, -0.2) is 12.5 Å². The average Bonchev–Trinajstić information content (AvgIpc) is 2.96. The third-order valence-electron chi connectivity index (χ3n) is 2.64. The van der Waals surface area contributed by atoms with Crippen LogP contribution in [0.5, 0.6) is 0 Å². The number of rotatable bonds is 3. The number of nitrogens with two attached hydrogens (primary N) is 1. The van der Waals surface area contributed by atoms with E-state index in [2.05, 4.69) is 23.2 Å². The van der Waals surface area contributed by atoms with Gasteiger partial charge in [-0.2, -0.15) is 5.26 Å². The topological polar surface area (TPSA) is 78.9 Å². The van der Waals surface area contributed by atoms with E-state index in [-0.39, 0.29) is 5.91 Å². The fraction of sp³-hybridized carbons (Fsp3) is 0.125. The van der Waals surface area contributed by atoms with Gasteiger partial charge in [-0.3, -0.25) is 4.79 Å². The molecule has 4 nitrogen and oxygen atoms in total. The molecule has 0 radical (unpaired) electrons. The highest BCUT2D eigenvalue weighted by atomic mass is 32.1. The lowest BCUT2D eigenvalue weighted by molar-refractivity contribution is 0.103. The van der Waals surface area contributed by atoms with Gasteiger partial charge >= 0.3 is 0 Å². The number of nitrogens with zero attached hydrogens (tertiary/aromatic N) is 1. The van der Waals surface area contributed by atoms with Crippen molar-refractivity contribution in [1.29, 1.82) is 5.26 Å². The van der Waals surface area contributed by atoms with Gasteiger partial charge in [0.2, 0.25) is 0 Å². The average molecular weight is 295 g/mol. The molecule has 0 bridgehead atoms. The zero-order valence-electron chi connectivity index (χ0n) is 11.2. The third kappa shape index (κ3) is 4.19. The Kier molecular flexibility index (Phi) is 5.11. The number of carbonyl (C=O) groups excluding carboxylic acids is 1. The summed E-state index contributed by atoms with van der Waals surface area (Å²) in [5, 5.41) is 11.4. The Bertz CT molecular complexity index is 729. The molecule has 1 amide bonds. The summed E-state index contributed by atoms with van der Waals surface area (Å²) >= 11 is 1.33. The van der Waals surface area contributed by atoms with Crippen LogP contribution >= 0.6 is 11.3 Å². The van der Waals surface area contributed by atoms with Gasteiger partial charge in [0.1, 0.15) is 0 Å². The molecule has 5 heteroatoms. The highest BCUT2D eigenvalue weighted by Gasteiger charge is 2.08. The number of carbonyl (C=O) groups is 1. The number of hydrogen-bond acceptors (Lipinski definition) is 4. The highest BCUT2D eigenvalue weighted by Crippen LogP contribution is 2.18. The van der Waals surface area contributed by atoms with Crippen LogP contribution in [0.15, 0.2) is 36.4 Å². The largest absolute Gasteiger partial charge is 0.321 e. The fourth-order valence-corrected chi connectivity index (χ4v) is 2.43. The second-order valence-corrected chi connectivity index (χ2v) is 5.24. The SMILES string of the molecule is N#CCc1ccc(NC(=O)c2ccc(C#CCN)s2)cc1. The van der Waals surface area contributed by atoms with E-state index in [4.69, 9.17) is 11.0 Å². The van der Waals surface area contributed by atoms with Crippen LogP contribution < -0.4 is 11.1 Å². The summed E-state index contributed by atoms with van der Waals surface area (Å²) in [5.74, 6) is 5.48. The Morgan fingerprint density at radius 2 is 2.00 bits per heavy atom. The van der Waals surface area contributed by atoms with Crippen LogP contribution in [0.2, 0.25) is 0 Å². The molecule has 1 heterocycles. The van der Waals surface area contributed by atoms with Crippen LogP contribution in [0.4, 0.5) is 5.69 Å². The number of nitriles is 1. The number of amides is 1. The maximum Gasteiger partial charge on any atom is 0.265 e. The van der Waals surface area contributed by atoms with Crippen LogP contribution in [0.25, 0.3) is 0 Å². The predicted molar refractivity (Wildman–Crippen MR) is 84.0 cm³/mol. The third-order valence-corrected chi connectivity index (χ3v) is 3.64. The van der Waals surface area contributed by atoms with Crippen LogP contribution in [0.3, 0.4) is 0 Å².